The zero-order valence-corrected chi connectivity index (χ0v) is 5.13. The molecule has 1 atom stereocenters. The Hall–Kier alpha value is -0.640. The van der Waals surface area contributed by atoms with Gasteiger partial charge < -0.3 is 9.84 Å². The van der Waals surface area contributed by atoms with Crippen molar-refractivity contribution in [3.05, 3.63) is 0 Å². The number of rotatable bonds is 3. The van der Waals surface area contributed by atoms with Crippen molar-refractivity contribution in [3.8, 4) is 0 Å². The van der Waals surface area contributed by atoms with Crippen LogP contribution in [0.3, 0.4) is 0 Å². The summed E-state index contributed by atoms with van der Waals surface area (Å²) in [6.45, 7) is 1.47. The van der Waals surface area contributed by atoms with E-state index in [-0.39, 0.29) is 19.1 Å². The highest BCUT2D eigenvalue weighted by atomic mass is 19.1. The molecule has 0 amide bonds. The predicted octanol–water partition coefficient (Wildman–Crippen LogP) is 0.721. The summed E-state index contributed by atoms with van der Waals surface area (Å²) in [5.74, 6) is -0.190. The second-order valence-electron chi connectivity index (χ2n) is 1.84. The first-order valence-electron chi connectivity index (χ1n) is 2.60. The molecular formula is C5H9FO3. The fourth-order valence-electron chi connectivity index (χ4n) is 0.260. The van der Waals surface area contributed by atoms with E-state index < -0.39 is 6.22 Å². The van der Waals surface area contributed by atoms with Gasteiger partial charge in [-0.3, -0.25) is 0 Å². The molecule has 0 fully saturated rings. The van der Waals surface area contributed by atoms with Crippen molar-refractivity contribution < 1.29 is 19.0 Å². The van der Waals surface area contributed by atoms with Gasteiger partial charge in [-0.05, 0) is 0 Å². The number of aliphatic hydroxyl groups is 1. The monoisotopic (exact) mass is 136 g/mol. The Bertz CT molecular complexity index is 94.2. The van der Waals surface area contributed by atoms with Crippen LogP contribution < -0.4 is 0 Å². The van der Waals surface area contributed by atoms with Gasteiger partial charge in [0.05, 0.1) is 6.61 Å². The number of halogens is 1. The number of hydrogen-bond acceptors (Lipinski definition) is 3. The molecule has 0 saturated carbocycles. The van der Waals surface area contributed by atoms with Crippen LogP contribution in [0.1, 0.15) is 6.92 Å². The van der Waals surface area contributed by atoms with Crippen LogP contribution in [0.5, 0.6) is 0 Å². The topological polar surface area (TPSA) is 46.5 Å². The molecule has 0 heterocycles. The summed E-state index contributed by atoms with van der Waals surface area (Å²) in [5, 5.41) is 8.33. The zero-order chi connectivity index (χ0) is 7.28. The quantitative estimate of drug-likeness (QED) is 0.581. The average molecular weight is 136 g/mol. The van der Waals surface area contributed by atoms with E-state index in [1.165, 1.54) is 0 Å². The molecule has 0 radical (unpaired) electrons. The van der Waals surface area contributed by atoms with Gasteiger partial charge in [0.1, 0.15) is 0 Å². The van der Waals surface area contributed by atoms with E-state index in [2.05, 4.69) is 4.74 Å². The fraction of sp³-hybridized carbons (Fsp3) is 0.800. The van der Waals surface area contributed by atoms with E-state index in [0.29, 0.717) is 0 Å². The zero-order valence-electron chi connectivity index (χ0n) is 5.13. The van der Waals surface area contributed by atoms with Crippen LogP contribution in [0.4, 0.5) is 9.18 Å². The lowest BCUT2D eigenvalue weighted by Gasteiger charge is -2.04. The van der Waals surface area contributed by atoms with Gasteiger partial charge in [-0.1, -0.05) is 6.92 Å². The van der Waals surface area contributed by atoms with Crippen molar-refractivity contribution in [3.63, 3.8) is 0 Å². The number of aliphatic hydroxyl groups excluding tert-OH is 1. The molecule has 1 N–H and O–H groups in total. The van der Waals surface area contributed by atoms with Crippen molar-refractivity contribution >= 4 is 6.22 Å². The van der Waals surface area contributed by atoms with Crippen LogP contribution in [0.15, 0.2) is 0 Å². The maximum Gasteiger partial charge on any atom is 0.495 e. The molecule has 4 heteroatoms. The molecule has 9 heavy (non-hydrogen) atoms. The average Bonchev–Trinajstić information content (AvgIpc) is 1.83. The molecule has 0 saturated heterocycles. The van der Waals surface area contributed by atoms with E-state index >= 15 is 0 Å². The smallest absolute Gasteiger partial charge is 0.440 e. The molecule has 54 valence electrons. The normalized spacial score (nSPS) is 12.8. The number of hydrogen-bond donors (Lipinski definition) is 1. The molecule has 0 spiro atoms. The van der Waals surface area contributed by atoms with Gasteiger partial charge in [-0.15, -0.1) is 4.39 Å². The Kier molecular flexibility index (Phi) is 3.96. The highest BCUT2D eigenvalue weighted by molar-refractivity contribution is 5.57. The van der Waals surface area contributed by atoms with E-state index in [1.807, 2.05) is 0 Å². The van der Waals surface area contributed by atoms with Crippen LogP contribution >= 0.6 is 0 Å². The highest BCUT2D eigenvalue weighted by Gasteiger charge is 2.03. The lowest BCUT2D eigenvalue weighted by molar-refractivity contribution is 0.0907. The summed E-state index contributed by atoms with van der Waals surface area (Å²) in [6, 6.07) is 0. The fourth-order valence-corrected chi connectivity index (χ4v) is 0.260. The van der Waals surface area contributed by atoms with Crippen molar-refractivity contribution in [2.75, 3.05) is 13.2 Å². The SMILES string of the molecule is CC(CO)COC(=O)F. The molecule has 3 nitrogen and oxygen atoms in total. The highest BCUT2D eigenvalue weighted by Crippen LogP contribution is 1.94. The minimum absolute atomic E-state index is 0.0637. The second kappa shape index (κ2) is 4.26. The summed E-state index contributed by atoms with van der Waals surface area (Å²) >= 11 is 0. The summed E-state index contributed by atoms with van der Waals surface area (Å²) in [4.78, 5) is 9.49. The summed E-state index contributed by atoms with van der Waals surface area (Å²) in [6.07, 6.45) is -1.80. The Morgan fingerprint density at radius 2 is 2.44 bits per heavy atom. The first-order chi connectivity index (χ1) is 4.16. The molecule has 1 unspecified atom stereocenters. The van der Waals surface area contributed by atoms with E-state index in [1.54, 1.807) is 6.92 Å². The Morgan fingerprint density at radius 3 is 2.78 bits per heavy atom. The second-order valence-corrected chi connectivity index (χ2v) is 1.84. The minimum Gasteiger partial charge on any atom is -0.440 e. The summed E-state index contributed by atoms with van der Waals surface area (Å²) in [7, 11) is 0. The molecule has 0 aromatic carbocycles. The van der Waals surface area contributed by atoms with Crippen LogP contribution in [0.25, 0.3) is 0 Å². The third kappa shape index (κ3) is 5.23. The van der Waals surface area contributed by atoms with Crippen molar-refractivity contribution in [1.82, 2.24) is 0 Å². The largest absolute Gasteiger partial charge is 0.495 e. The molecule has 0 aromatic heterocycles. The van der Waals surface area contributed by atoms with E-state index in [0.717, 1.165) is 0 Å². The Morgan fingerprint density at radius 1 is 1.89 bits per heavy atom. The van der Waals surface area contributed by atoms with Crippen molar-refractivity contribution in [1.29, 1.82) is 0 Å². The summed E-state index contributed by atoms with van der Waals surface area (Å²) in [5.41, 5.74) is 0. The number of ether oxygens (including phenoxy) is 1. The van der Waals surface area contributed by atoms with Crippen LogP contribution in [-0.2, 0) is 4.74 Å². The maximum absolute atomic E-state index is 11.3. The van der Waals surface area contributed by atoms with Gasteiger partial charge in [0.25, 0.3) is 0 Å². The third-order valence-corrected chi connectivity index (χ3v) is 0.793. The van der Waals surface area contributed by atoms with Crippen molar-refractivity contribution in [2.45, 2.75) is 6.92 Å². The lowest BCUT2D eigenvalue weighted by Crippen LogP contribution is -2.10. The minimum atomic E-state index is -1.80. The van der Waals surface area contributed by atoms with E-state index in [9.17, 15) is 9.18 Å². The van der Waals surface area contributed by atoms with Gasteiger partial charge in [0.15, 0.2) is 0 Å². The predicted molar refractivity (Wildman–Crippen MR) is 28.7 cm³/mol. The van der Waals surface area contributed by atoms with E-state index in [4.69, 9.17) is 5.11 Å². The molecule has 0 aliphatic carbocycles. The summed E-state index contributed by atoms with van der Waals surface area (Å²) < 4.78 is 15.2. The van der Waals surface area contributed by atoms with Gasteiger partial charge in [0.2, 0.25) is 0 Å². The standard InChI is InChI=1S/C5H9FO3/c1-4(2-7)3-9-5(6)8/h4,7H,2-3H2,1H3. The van der Waals surface area contributed by atoms with Crippen LogP contribution in [0.2, 0.25) is 0 Å². The molecule has 0 rings (SSSR count). The third-order valence-electron chi connectivity index (χ3n) is 0.793. The number of carbonyl (C=O) groups excluding carboxylic acids is 1. The first-order valence-corrected chi connectivity index (χ1v) is 2.60. The van der Waals surface area contributed by atoms with Crippen LogP contribution in [-0.4, -0.2) is 24.5 Å². The Balaban J connectivity index is 3.16. The van der Waals surface area contributed by atoms with Crippen molar-refractivity contribution in [2.24, 2.45) is 5.92 Å². The molecule has 0 aliphatic heterocycles. The van der Waals surface area contributed by atoms with Gasteiger partial charge in [-0.25, -0.2) is 4.79 Å². The van der Waals surface area contributed by atoms with Gasteiger partial charge in [0, 0.05) is 12.5 Å². The molecule has 0 bridgehead atoms. The maximum atomic E-state index is 11.3. The van der Waals surface area contributed by atoms with Gasteiger partial charge >= 0.3 is 6.22 Å². The number of carbonyl (C=O) groups is 1. The van der Waals surface area contributed by atoms with Crippen LogP contribution in [0, 0.1) is 5.92 Å². The molecule has 0 aliphatic rings. The first kappa shape index (κ1) is 8.36. The molecular weight excluding hydrogens is 127 g/mol. The van der Waals surface area contributed by atoms with Gasteiger partial charge in [-0.2, -0.15) is 0 Å². The Labute approximate surface area is 52.4 Å². The lowest BCUT2D eigenvalue weighted by atomic mass is 10.2. The molecule has 0 aromatic rings.